The van der Waals surface area contributed by atoms with Crippen LogP contribution in [-0.2, 0) is 4.79 Å². The predicted octanol–water partition coefficient (Wildman–Crippen LogP) is 2.65. The first kappa shape index (κ1) is 10.7. The van der Waals surface area contributed by atoms with Gasteiger partial charge in [-0.05, 0) is 18.2 Å². The third-order valence-corrected chi connectivity index (χ3v) is 1.85. The van der Waals surface area contributed by atoms with Gasteiger partial charge in [0.15, 0.2) is 0 Å². The minimum absolute atomic E-state index is 0.114. The van der Waals surface area contributed by atoms with Crippen LogP contribution >= 0.6 is 11.6 Å². The van der Waals surface area contributed by atoms with Crippen molar-refractivity contribution >= 4 is 17.7 Å². The largest absolute Gasteiger partial charge is 0.496 e. The highest BCUT2D eigenvalue weighted by Crippen LogP contribution is 2.30. The van der Waals surface area contributed by atoms with Gasteiger partial charge in [0.05, 0.1) is 12.7 Å². The third-order valence-electron chi connectivity index (χ3n) is 1.61. The number of aliphatic imine (C=N–C) groups is 1. The molecule has 1 rings (SSSR count). The fraction of sp³-hybridized carbons (Fsp3) is 0.222. The second kappa shape index (κ2) is 4.74. The fourth-order valence-corrected chi connectivity index (χ4v) is 1.19. The monoisotopic (exact) mass is 215 g/mol. The minimum atomic E-state index is -1.79. The highest BCUT2D eigenvalue weighted by molar-refractivity contribution is 6.30. The van der Waals surface area contributed by atoms with Crippen LogP contribution in [0.25, 0.3) is 0 Å². The highest BCUT2D eigenvalue weighted by atomic mass is 35.5. The second-order valence-electron chi connectivity index (χ2n) is 2.44. The molecule has 1 aromatic carbocycles. The average Bonchev–Trinajstić information content (AvgIpc) is 2.18. The van der Waals surface area contributed by atoms with Gasteiger partial charge in [-0.2, -0.15) is 4.99 Å². The Balaban J connectivity index is 3.15. The number of isocyanates is 1. The van der Waals surface area contributed by atoms with E-state index in [2.05, 4.69) is 4.99 Å². The van der Waals surface area contributed by atoms with E-state index >= 15 is 0 Å². The van der Waals surface area contributed by atoms with E-state index in [9.17, 15) is 9.18 Å². The Kier molecular flexibility index (Phi) is 3.63. The third kappa shape index (κ3) is 2.31. The summed E-state index contributed by atoms with van der Waals surface area (Å²) >= 11 is 5.66. The summed E-state index contributed by atoms with van der Waals surface area (Å²) in [5.74, 6) is 0.293. The molecular formula is C9H7ClFNO2. The zero-order valence-electron chi connectivity index (χ0n) is 7.33. The van der Waals surface area contributed by atoms with Crippen LogP contribution in [0.3, 0.4) is 0 Å². The molecule has 0 radical (unpaired) electrons. The molecule has 14 heavy (non-hydrogen) atoms. The zero-order valence-corrected chi connectivity index (χ0v) is 8.08. The van der Waals surface area contributed by atoms with Crippen LogP contribution in [-0.4, -0.2) is 13.2 Å². The molecule has 0 aliphatic heterocycles. The van der Waals surface area contributed by atoms with Crippen LogP contribution < -0.4 is 4.74 Å². The summed E-state index contributed by atoms with van der Waals surface area (Å²) in [6.45, 7) is 0. The standard InChI is InChI=1S/C9H7ClFNO2/c1-14-8-3-2-6(10)4-7(8)9(11)12-5-13/h2-4,9H,1H3. The summed E-state index contributed by atoms with van der Waals surface area (Å²) < 4.78 is 18.1. The average molecular weight is 216 g/mol. The maximum atomic E-state index is 13.2. The van der Waals surface area contributed by atoms with Crippen molar-refractivity contribution in [1.29, 1.82) is 0 Å². The summed E-state index contributed by atoms with van der Waals surface area (Å²) in [5, 5.41) is 0.351. The number of rotatable bonds is 3. The maximum absolute atomic E-state index is 13.2. The lowest BCUT2D eigenvalue weighted by molar-refractivity contribution is 0.334. The number of carbonyl (C=O) groups excluding carboxylic acids is 1. The van der Waals surface area contributed by atoms with E-state index in [-0.39, 0.29) is 5.56 Å². The van der Waals surface area contributed by atoms with Gasteiger partial charge in [-0.3, -0.25) is 0 Å². The molecule has 0 spiro atoms. The Morgan fingerprint density at radius 2 is 2.36 bits per heavy atom. The fourth-order valence-electron chi connectivity index (χ4n) is 1.01. The number of hydrogen-bond acceptors (Lipinski definition) is 3. The summed E-state index contributed by atoms with van der Waals surface area (Å²) in [7, 11) is 1.39. The van der Waals surface area contributed by atoms with E-state index < -0.39 is 6.30 Å². The minimum Gasteiger partial charge on any atom is -0.496 e. The van der Waals surface area contributed by atoms with Gasteiger partial charge in [0, 0.05) is 5.02 Å². The molecule has 0 aliphatic carbocycles. The molecule has 1 aromatic rings. The van der Waals surface area contributed by atoms with Crippen LogP contribution in [0.2, 0.25) is 5.02 Å². The van der Waals surface area contributed by atoms with Crippen molar-refractivity contribution in [3.8, 4) is 5.75 Å². The van der Waals surface area contributed by atoms with E-state index in [1.165, 1.54) is 19.2 Å². The number of hydrogen-bond donors (Lipinski definition) is 0. The van der Waals surface area contributed by atoms with Gasteiger partial charge < -0.3 is 4.74 Å². The SMILES string of the molecule is COc1ccc(Cl)cc1C(F)N=C=O. The quantitative estimate of drug-likeness (QED) is 0.442. The molecular weight excluding hydrogens is 209 g/mol. The van der Waals surface area contributed by atoms with E-state index in [0.29, 0.717) is 10.8 Å². The van der Waals surface area contributed by atoms with E-state index in [1.54, 1.807) is 6.07 Å². The molecule has 0 aliphatic rings. The molecule has 0 aromatic heterocycles. The summed E-state index contributed by atoms with van der Waals surface area (Å²) in [5.41, 5.74) is 0.114. The first-order valence-corrected chi connectivity index (χ1v) is 4.11. The molecule has 0 N–H and O–H groups in total. The first-order valence-electron chi connectivity index (χ1n) is 3.73. The van der Waals surface area contributed by atoms with Gasteiger partial charge in [0.1, 0.15) is 5.75 Å². The van der Waals surface area contributed by atoms with Crippen LogP contribution in [0.15, 0.2) is 23.2 Å². The lowest BCUT2D eigenvalue weighted by Gasteiger charge is -2.08. The van der Waals surface area contributed by atoms with Crippen molar-refractivity contribution in [2.45, 2.75) is 6.30 Å². The van der Waals surface area contributed by atoms with Crippen molar-refractivity contribution in [3.05, 3.63) is 28.8 Å². The van der Waals surface area contributed by atoms with Gasteiger partial charge >= 0.3 is 0 Å². The van der Waals surface area contributed by atoms with E-state index in [4.69, 9.17) is 16.3 Å². The molecule has 0 fully saturated rings. The first-order chi connectivity index (χ1) is 6.69. The van der Waals surface area contributed by atoms with E-state index in [1.807, 2.05) is 0 Å². The molecule has 1 unspecified atom stereocenters. The van der Waals surface area contributed by atoms with Crippen molar-refractivity contribution in [2.75, 3.05) is 7.11 Å². The van der Waals surface area contributed by atoms with Crippen molar-refractivity contribution in [2.24, 2.45) is 4.99 Å². The number of halogens is 2. The van der Waals surface area contributed by atoms with Gasteiger partial charge in [0.2, 0.25) is 12.4 Å². The van der Waals surface area contributed by atoms with Gasteiger partial charge in [-0.1, -0.05) is 11.6 Å². The molecule has 1 atom stereocenters. The van der Waals surface area contributed by atoms with Crippen molar-refractivity contribution < 1.29 is 13.9 Å². The van der Waals surface area contributed by atoms with E-state index in [0.717, 1.165) is 6.08 Å². The Morgan fingerprint density at radius 3 is 2.93 bits per heavy atom. The lowest BCUT2D eigenvalue weighted by atomic mass is 10.2. The van der Waals surface area contributed by atoms with Crippen LogP contribution in [0, 0.1) is 0 Å². The molecule has 0 saturated heterocycles. The topological polar surface area (TPSA) is 38.7 Å². The smallest absolute Gasteiger partial charge is 0.238 e. The van der Waals surface area contributed by atoms with Gasteiger partial charge in [0.25, 0.3) is 0 Å². The Morgan fingerprint density at radius 1 is 1.64 bits per heavy atom. The van der Waals surface area contributed by atoms with Crippen molar-refractivity contribution in [1.82, 2.24) is 0 Å². The second-order valence-corrected chi connectivity index (χ2v) is 2.88. The van der Waals surface area contributed by atoms with Crippen LogP contribution in [0.4, 0.5) is 4.39 Å². The molecule has 0 amide bonds. The van der Waals surface area contributed by atoms with Crippen molar-refractivity contribution in [3.63, 3.8) is 0 Å². The van der Waals surface area contributed by atoms with Gasteiger partial charge in [-0.25, -0.2) is 9.18 Å². The predicted molar refractivity (Wildman–Crippen MR) is 50.0 cm³/mol. The normalized spacial score (nSPS) is 11.6. The highest BCUT2D eigenvalue weighted by Gasteiger charge is 2.14. The number of nitrogens with zero attached hydrogens (tertiary/aromatic N) is 1. The number of benzene rings is 1. The molecule has 3 nitrogen and oxygen atoms in total. The lowest BCUT2D eigenvalue weighted by Crippen LogP contribution is -1.94. The number of alkyl halides is 1. The number of methoxy groups -OCH3 is 1. The van der Waals surface area contributed by atoms with Crippen LogP contribution in [0.5, 0.6) is 5.75 Å². The summed E-state index contributed by atoms with van der Waals surface area (Å²) in [4.78, 5) is 12.8. The molecule has 0 saturated carbocycles. The molecule has 5 heteroatoms. The Bertz CT molecular complexity index is 377. The molecule has 74 valence electrons. The zero-order chi connectivity index (χ0) is 10.6. The molecule has 0 bridgehead atoms. The maximum Gasteiger partial charge on any atom is 0.238 e. The van der Waals surface area contributed by atoms with Gasteiger partial charge in [-0.15, -0.1) is 0 Å². The Hall–Kier alpha value is -1.38. The number of ether oxygens (including phenoxy) is 1. The Labute approximate surface area is 85.2 Å². The summed E-state index contributed by atoms with van der Waals surface area (Å²) in [6.07, 6.45) is -0.653. The summed E-state index contributed by atoms with van der Waals surface area (Å²) in [6, 6.07) is 4.41. The van der Waals surface area contributed by atoms with Crippen LogP contribution in [0.1, 0.15) is 11.9 Å². The molecule has 0 heterocycles.